The second kappa shape index (κ2) is 7.98. The Bertz CT molecular complexity index is 999. The highest BCUT2D eigenvalue weighted by molar-refractivity contribution is 7.99. The first-order valence-corrected chi connectivity index (χ1v) is 9.68. The Morgan fingerprint density at radius 2 is 1.54 bits per heavy atom. The Hall–Kier alpha value is -2.93. The predicted octanol–water partition coefficient (Wildman–Crippen LogP) is 5.72. The summed E-state index contributed by atoms with van der Waals surface area (Å²) in [6, 6.07) is 16.3. The first-order chi connectivity index (χ1) is 13.7. The van der Waals surface area contributed by atoms with E-state index in [2.05, 4.69) is 10.2 Å². The van der Waals surface area contributed by atoms with Gasteiger partial charge in [0.2, 0.25) is 0 Å². The number of hydrogen-bond acceptors (Lipinski definition) is 4. The first-order valence-electron chi connectivity index (χ1n) is 8.80. The van der Waals surface area contributed by atoms with Crippen molar-refractivity contribution < 1.29 is 13.2 Å². The van der Waals surface area contributed by atoms with Gasteiger partial charge in [0.25, 0.3) is 0 Å². The van der Waals surface area contributed by atoms with Crippen molar-refractivity contribution in [3.63, 3.8) is 0 Å². The van der Waals surface area contributed by atoms with E-state index >= 15 is 0 Å². The third-order valence-corrected chi connectivity index (χ3v) is 5.64. The first kappa shape index (κ1) is 18.4. The van der Waals surface area contributed by atoms with Crippen LogP contribution in [0.15, 0.2) is 76.5 Å². The number of halogens is 2. The van der Waals surface area contributed by atoms with Crippen molar-refractivity contribution in [1.29, 1.82) is 0 Å². The van der Waals surface area contributed by atoms with Gasteiger partial charge in [0.15, 0.2) is 16.7 Å². The second-order valence-electron chi connectivity index (χ2n) is 6.13. The van der Waals surface area contributed by atoms with E-state index in [0.29, 0.717) is 23.3 Å². The molecule has 0 radical (unpaired) electrons. The van der Waals surface area contributed by atoms with Gasteiger partial charge >= 0.3 is 0 Å². The van der Waals surface area contributed by atoms with Gasteiger partial charge in [0.05, 0.1) is 11.5 Å². The number of rotatable bonds is 6. The molecular weight excluding hydrogens is 380 g/mol. The van der Waals surface area contributed by atoms with Gasteiger partial charge in [-0.3, -0.25) is 4.57 Å². The molecule has 0 saturated carbocycles. The van der Waals surface area contributed by atoms with Crippen molar-refractivity contribution in [3.05, 3.63) is 89.7 Å². The van der Waals surface area contributed by atoms with E-state index in [1.807, 2.05) is 17.6 Å². The minimum atomic E-state index is -0.302. The van der Waals surface area contributed by atoms with Gasteiger partial charge in [-0.25, -0.2) is 8.78 Å². The van der Waals surface area contributed by atoms with Gasteiger partial charge in [0, 0.05) is 6.54 Å². The minimum Gasteiger partial charge on any atom is -0.461 e. The zero-order valence-corrected chi connectivity index (χ0v) is 15.9. The molecule has 4 aromatic rings. The normalized spacial score (nSPS) is 11.3. The predicted molar refractivity (Wildman–Crippen MR) is 104 cm³/mol. The van der Waals surface area contributed by atoms with E-state index in [0.717, 1.165) is 11.1 Å². The molecular formula is C21H17F2N3OS. The SMILES string of the molecule is CCn1c(SC(c2ccc(F)cc2)c2ccc(F)cc2)nnc1-c1ccco1. The van der Waals surface area contributed by atoms with E-state index in [1.54, 1.807) is 36.6 Å². The molecule has 4 nitrogen and oxygen atoms in total. The van der Waals surface area contributed by atoms with Crippen molar-refractivity contribution in [2.24, 2.45) is 0 Å². The van der Waals surface area contributed by atoms with Gasteiger partial charge in [0.1, 0.15) is 11.6 Å². The Morgan fingerprint density at radius 1 is 0.929 bits per heavy atom. The lowest BCUT2D eigenvalue weighted by Gasteiger charge is -2.18. The smallest absolute Gasteiger partial charge is 0.200 e. The maximum absolute atomic E-state index is 13.4. The molecule has 0 unspecified atom stereocenters. The quantitative estimate of drug-likeness (QED) is 0.391. The fourth-order valence-electron chi connectivity index (χ4n) is 2.96. The van der Waals surface area contributed by atoms with E-state index in [4.69, 9.17) is 4.42 Å². The summed E-state index contributed by atoms with van der Waals surface area (Å²) in [6.07, 6.45) is 1.59. The van der Waals surface area contributed by atoms with Gasteiger partial charge in [-0.15, -0.1) is 10.2 Å². The van der Waals surface area contributed by atoms with Crippen molar-refractivity contribution in [2.45, 2.75) is 23.9 Å². The maximum Gasteiger partial charge on any atom is 0.200 e. The molecule has 4 rings (SSSR count). The third kappa shape index (κ3) is 3.71. The molecule has 0 amide bonds. The molecule has 0 aliphatic heterocycles. The zero-order valence-electron chi connectivity index (χ0n) is 15.0. The van der Waals surface area contributed by atoms with E-state index in [-0.39, 0.29) is 16.9 Å². The summed E-state index contributed by atoms with van der Waals surface area (Å²) < 4.78 is 34.3. The van der Waals surface area contributed by atoms with Crippen LogP contribution in [0.3, 0.4) is 0 Å². The summed E-state index contributed by atoms with van der Waals surface area (Å²) >= 11 is 1.48. The molecule has 0 spiro atoms. The van der Waals surface area contributed by atoms with Gasteiger partial charge in [-0.2, -0.15) is 0 Å². The molecule has 0 atom stereocenters. The molecule has 142 valence electrons. The summed E-state index contributed by atoms with van der Waals surface area (Å²) in [7, 11) is 0. The molecule has 7 heteroatoms. The van der Waals surface area contributed by atoms with Gasteiger partial charge in [-0.05, 0) is 54.4 Å². The average molecular weight is 397 g/mol. The van der Waals surface area contributed by atoms with E-state index < -0.39 is 0 Å². The summed E-state index contributed by atoms with van der Waals surface area (Å²) in [5.74, 6) is 0.681. The summed E-state index contributed by atoms with van der Waals surface area (Å²) in [5, 5.41) is 9.12. The molecule has 0 fully saturated rings. The topological polar surface area (TPSA) is 43.9 Å². The summed E-state index contributed by atoms with van der Waals surface area (Å²) in [4.78, 5) is 0. The van der Waals surface area contributed by atoms with Crippen molar-refractivity contribution in [1.82, 2.24) is 14.8 Å². The molecule has 0 N–H and O–H groups in total. The van der Waals surface area contributed by atoms with Crippen LogP contribution in [0, 0.1) is 11.6 Å². The molecule has 2 heterocycles. The second-order valence-corrected chi connectivity index (χ2v) is 7.20. The molecule has 0 aliphatic rings. The van der Waals surface area contributed by atoms with Crippen molar-refractivity contribution in [2.75, 3.05) is 0 Å². The minimum absolute atomic E-state index is 0.194. The number of hydrogen-bond donors (Lipinski definition) is 0. The van der Waals surface area contributed by atoms with E-state index in [1.165, 1.54) is 36.0 Å². The van der Waals surface area contributed by atoms with Gasteiger partial charge in [-0.1, -0.05) is 36.0 Å². The lowest BCUT2D eigenvalue weighted by atomic mass is 10.0. The number of aromatic nitrogens is 3. The molecule has 2 aromatic carbocycles. The molecule has 0 saturated heterocycles. The highest BCUT2D eigenvalue weighted by Gasteiger charge is 2.22. The monoisotopic (exact) mass is 397 g/mol. The zero-order chi connectivity index (χ0) is 19.5. The van der Waals surface area contributed by atoms with Crippen molar-refractivity contribution in [3.8, 4) is 11.6 Å². The fourth-order valence-corrected chi connectivity index (χ4v) is 4.19. The lowest BCUT2D eigenvalue weighted by molar-refractivity contribution is 0.567. The number of benzene rings is 2. The number of thioether (sulfide) groups is 1. The van der Waals surface area contributed by atoms with E-state index in [9.17, 15) is 8.78 Å². The lowest BCUT2D eigenvalue weighted by Crippen LogP contribution is -2.03. The number of nitrogens with zero attached hydrogens (tertiary/aromatic N) is 3. The van der Waals surface area contributed by atoms with Crippen LogP contribution in [-0.4, -0.2) is 14.8 Å². The molecule has 0 bridgehead atoms. The van der Waals surface area contributed by atoms with Crippen molar-refractivity contribution >= 4 is 11.8 Å². The Morgan fingerprint density at radius 3 is 2.04 bits per heavy atom. The van der Waals surface area contributed by atoms with Crippen LogP contribution < -0.4 is 0 Å². The summed E-state index contributed by atoms with van der Waals surface area (Å²) in [5.41, 5.74) is 1.78. The number of furan rings is 1. The fraction of sp³-hybridized carbons (Fsp3) is 0.143. The molecule has 28 heavy (non-hydrogen) atoms. The van der Waals surface area contributed by atoms with Crippen LogP contribution in [0.2, 0.25) is 0 Å². The van der Waals surface area contributed by atoms with Crippen LogP contribution in [0.1, 0.15) is 23.3 Å². The maximum atomic E-state index is 13.4. The standard InChI is InChI=1S/C21H17F2N3OS/c1-2-26-20(18-4-3-13-27-18)24-25-21(26)28-19(14-5-9-16(22)10-6-14)15-7-11-17(23)12-8-15/h3-13,19H,2H2,1H3. The highest BCUT2D eigenvalue weighted by atomic mass is 32.2. The van der Waals surface area contributed by atoms with Crippen LogP contribution in [0.5, 0.6) is 0 Å². The van der Waals surface area contributed by atoms with Crippen LogP contribution in [-0.2, 0) is 6.54 Å². The Kier molecular flexibility index (Phi) is 5.25. The summed E-state index contributed by atoms with van der Waals surface area (Å²) in [6.45, 7) is 2.66. The highest BCUT2D eigenvalue weighted by Crippen LogP contribution is 2.40. The van der Waals surface area contributed by atoms with Crippen LogP contribution in [0.4, 0.5) is 8.78 Å². The Labute approximate surface area is 165 Å². The molecule has 0 aliphatic carbocycles. The van der Waals surface area contributed by atoms with Crippen LogP contribution in [0.25, 0.3) is 11.6 Å². The molecule has 2 aromatic heterocycles. The third-order valence-electron chi connectivity index (χ3n) is 4.34. The largest absolute Gasteiger partial charge is 0.461 e. The van der Waals surface area contributed by atoms with Gasteiger partial charge < -0.3 is 4.42 Å². The van der Waals surface area contributed by atoms with Crippen LogP contribution >= 0.6 is 11.8 Å². The average Bonchev–Trinajstić information content (AvgIpc) is 3.37. The Balaban J connectivity index is 1.74.